The average molecular weight is 576 g/mol. The number of hydrogen-bond donors (Lipinski definition) is 0. The van der Waals surface area contributed by atoms with Crippen LogP contribution < -0.4 is 0 Å². The van der Waals surface area contributed by atoms with Crippen molar-refractivity contribution < 1.29 is 18.0 Å². The molecule has 2 aromatic heterocycles. The molecule has 3 heterocycles. The SMILES string of the molecule is O=C(c1nn2c(C(F)(F)F)cc(-c3ccccc3)nc2c1Cl)N1CCN(C(c2ccccc2)c2ccccc2)CC1. The number of carbonyl (C=O) groups is 1. The van der Waals surface area contributed by atoms with E-state index in [4.69, 9.17) is 11.6 Å². The van der Waals surface area contributed by atoms with E-state index in [2.05, 4.69) is 39.2 Å². The molecule has 10 heteroatoms. The quantitative estimate of drug-likeness (QED) is 0.236. The molecule has 1 amide bonds. The second kappa shape index (κ2) is 11.0. The zero-order valence-electron chi connectivity index (χ0n) is 21.8. The van der Waals surface area contributed by atoms with Gasteiger partial charge in [-0.05, 0) is 17.2 Å². The van der Waals surface area contributed by atoms with Gasteiger partial charge in [-0.15, -0.1) is 0 Å². The van der Waals surface area contributed by atoms with Crippen LogP contribution in [-0.4, -0.2) is 56.5 Å². The van der Waals surface area contributed by atoms with E-state index in [1.165, 1.54) is 0 Å². The standard InChI is InChI=1S/C31H25ClF3N5O/c32-26-27(37-40-25(31(33,34)35)20-24(36-29(26)40)21-10-4-1-5-11-21)30(41)39-18-16-38(17-19-39)28(22-12-6-2-7-13-22)23-14-8-3-9-15-23/h1-15,20,28H,16-19H2. The number of piperazine rings is 1. The first-order chi connectivity index (χ1) is 19.8. The third-order valence-electron chi connectivity index (χ3n) is 7.29. The lowest BCUT2D eigenvalue weighted by Crippen LogP contribution is -2.50. The van der Waals surface area contributed by atoms with Gasteiger partial charge in [0.2, 0.25) is 0 Å². The van der Waals surface area contributed by atoms with E-state index in [0.717, 1.165) is 17.2 Å². The highest BCUT2D eigenvalue weighted by atomic mass is 35.5. The molecule has 0 spiro atoms. The number of carbonyl (C=O) groups excluding carboxylic acids is 1. The molecule has 5 aromatic rings. The Labute approximate surface area is 239 Å². The monoisotopic (exact) mass is 575 g/mol. The summed E-state index contributed by atoms with van der Waals surface area (Å²) in [4.78, 5) is 21.8. The number of benzene rings is 3. The smallest absolute Gasteiger partial charge is 0.335 e. The van der Waals surface area contributed by atoms with Crippen molar-refractivity contribution in [1.82, 2.24) is 24.4 Å². The number of nitrogens with zero attached hydrogens (tertiary/aromatic N) is 5. The van der Waals surface area contributed by atoms with Crippen LogP contribution in [0.15, 0.2) is 97.1 Å². The Kier molecular flexibility index (Phi) is 7.23. The topological polar surface area (TPSA) is 53.7 Å². The van der Waals surface area contributed by atoms with Gasteiger partial charge in [0.05, 0.1) is 11.7 Å². The fourth-order valence-electron chi connectivity index (χ4n) is 5.30. The number of amides is 1. The van der Waals surface area contributed by atoms with Crippen molar-refractivity contribution in [3.05, 3.63) is 125 Å². The Morgan fingerprint density at radius 1 is 0.805 bits per heavy atom. The molecule has 0 unspecified atom stereocenters. The molecule has 0 saturated carbocycles. The molecule has 0 atom stereocenters. The lowest BCUT2D eigenvalue weighted by atomic mass is 9.96. The van der Waals surface area contributed by atoms with E-state index in [1.807, 2.05) is 36.4 Å². The molecule has 1 saturated heterocycles. The second-order valence-corrected chi connectivity index (χ2v) is 10.2. The van der Waals surface area contributed by atoms with Crippen molar-refractivity contribution in [1.29, 1.82) is 0 Å². The normalized spacial score (nSPS) is 14.6. The molecule has 1 aliphatic rings. The largest absolute Gasteiger partial charge is 0.433 e. The number of rotatable bonds is 5. The maximum Gasteiger partial charge on any atom is 0.433 e. The summed E-state index contributed by atoms with van der Waals surface area (Å²) in [6.07, 6.45) is -4.74. The summed E-state index contributed by atoms with van der Waals surface area (Å²) in [5.41, 5.74) is 1.35. The number of fused-ring (bicyclic) bond motifs is 1. The number of alkyl halides is 3. The zero-order valence-corrected chi connectivity index (χ0v) is 22.6. The third kappa shape index (κ3) is 5.30. The molecule has 6 nitrogen and oxygen atoms in total. The van der Waals surface area contributed by atoms with Crippen molar-refractivity contribution in [3.63, 3.8) is 0 Å². The average Bonchev–Trinajstić information content (AvgIpc) is 3.34. The van der Waals surface area contributed by atoms with E-state index in [1.54, 1.807) is 35.2 Å². The van der Waals surface area contributed by atoms with Gasteiger partial charge in [0.1, 0.15) is 5.02 Å². The van der Waals surface area contributed by atoms with Crippen molar-refractivity contribution in [2.75, 3.05) is 26.2 Å². The van der Waals surface area contributed by atoms with Crippen molar-refractivity contribution >= 4 is 23.2 Å². The molecular weight excluding hydrogens is 551 g/mol. The molecule has 0 bridgehead atoms. The Morgan fingerprint density at radius 2 is 1.34 bits per heavy atom. The van der Waals surface area contributed by atoms with Crippen LogP contribution in [-0.2, 0) is 6.18 Å². The molecular formula is C31H25ClF3N5O. The molecule has 1 fully saturated rings. The van der Waals surface area contributed by atoms with Gasteiger partial charge in [0, 0.05) is 31.7 Å². The minimum atomic E-state index is -4.74. The highest BCUT2D eigenvalue weighted by Crippen LogP contribution is 2.35. The molecule has 3 aromatic carbocycles. The first kappa shape index (κ1) is 27.0. The minimum Gasteiger partial charge on any atom is -0.335 e. The first-order valence-electron chi connectivity index (χ1n) is 13.2. The summed E-state index contributed by atoms with van der Waals surface area (Å²) in [6.45, 7) is 1.87. The Hall–Kier alpha value is -4.21. The van der Waals surface area contributed by atoms with Gasteiger partial charge in [-0.25, -0.2) is 9.50 Å². The summed E-state index contributed by atoms with van der Waals surface area (Å²) in [5, 5.41) is 3.83. The van der Waals surface area contributed by atoms with Gasteiger partial charge in [-0.2, -0.15) is 18.3 Å². The number of aromatic nitrogens is 3. The van der Waals surface area contributed by atoms with Crippen LogP contribution in [0.2, 0.25) is 5.02 Å². The summed E-state index contributed by atoms with van der Waals surface area (Å²) in [7, 11) is 0. The minimum absolute atomic E-state index is 0.00313. The van der Waals surface area contributed by atoms with Crippen LogP contribution >= 0.6 is 11.6 Å². The molecule has 208 valence electrons. The van der Waals surface area contributed by atoms with Crippen molar-refractivity contribution in [2.24, 2.45) is 0 Å². The van der Waals surface area contributed by atoms with Gasteiger partial charge in [0.25, 0.3) is 5.91 Å². The highest BCUT2D eigenvalue weighted by Gasteiger charge is 2.37. The van der Waals surface area contributed by atoms with E-state index in [9.17, 15) is 18.0 Å². The molecule has 1 aliphatic heterocycles. The molecule has 6 rings (SSSR count). The lowest BCUT2D eigenvalue weighted by Gasteiger charge is -2.39. The number of hydrogen-bond acceptors (Lipinski definition) is 4. The van der Waals surface area contributed by atoms with Crippen LogP contribution in [0, 0.1) is 0 Å². The highest BCUT2D eigenvalue weighted by molar-refractivity contribution is 6.36. The summed E-state index contributed by atoms with van der Waals surface area (Å²) in [6, 6.07) is 29.7. The molecule has 0 N–H and O–H groups in total. The van der Waals surface area contributed by atoms with Crippen LogP contribution in [0.25, 0.3) is 16.9 Å². The Bertz CT molecular complexity index is 1630. The van der Waals surface area contributed by atoms with E-state index < -0.39 is 17.8 Å². The summed E-state index contributed by atoms with van der Waals surface area (Å²) >= 11 is 6.52. The Balaban J connectivity index is 1.29. The second-order valence-electron chi connectivity index (χ2n) is 9.84. The fourth-order valence-corrected chi connectivity index (χ4v) is 5.55. The number of halogens is 4. The van der Waals surface area contributed by atoms with E-state index in [0.29, 0.717) is 36.3 Å². The van der Waals surface area contributed by atoms with Gasteiger partial charge in [0.15, 0.2) is 17.0 Å². The predicted molar refractivity (Wildman–Crippen MR) is 151 cm³/mol. The van der Waals surface area contributed by atoms with Gasteiger partial charge >= 0.3 is 6.18 Å². The maximum atomic E-state index is 14.1. The van der Waals surface area contributed by atoms with Gasteiger partial charge in [-0.1, -0.05) is 103 Å². The van der Waals surface area contributed by atoms with Crippen LogP contribution in [0.1, 0.15) is 33.4 Å². The fraction of sp³-hybridized carbons (Fsp3) is 0.194. The van der Waals surface area contributed by atoms with Crippen LogP contribution in [0.5, 0.6) is 0 Å². The van der Waals surface area contributed by atoms with Gasteiger partial charge < -0.3 is 4.90 Å². The first-order valence-corrected chi connectivity index (χ1v) is 13.5. The van der Waals surface area contributed by atoms with Gasteiger partial charge in [-0.3, -0.25) is 9.69 Å². The van der Waals surface area contributed by atoms with E-state index in [-0.39, 0.29) is 28.1 Å². The zero-order chi connectivity index (χ0) is 28.6. The predicted octanol–water partition coefficient (Wildman–Crippen LogP) is 6.62. The van der Waals surface area contributed by atoms with Crippen LogP contribution in [0.4, 0.5) is 13.2 Å². The van der Waals surface area contributed by atoms with E-state index >= 15 is 0 Å². The Morgan fingerprint density at radius 3 is 1.88 bits per heavy atom. The van der Waals surface area contributed by atoms with Crippen molar-refractivity contribution in [3.8, 4) is 11.3 Å². The maximum absolute atomic E-state index is 14.1. The summed E-state index contributed by atoms with van der Waals surface area (Å²) < 4.78 is 42.9. The van der Waals surface area contributed by atoms with Crippen LogP contribution in [0.3, 0.4) is 0 Å². The molecule has 0 radical (unpaired) electrons. The van der Waals surface area contributed by atoms with Crippen molar-refractivity contribution in [2.45, 2.75) is 12.2 Å². The lowest BCUT2D eigenvalue weighted by molar-refractivity contribution is -0.142. The molecule has 41 heavy (non-hydrogen) atoms. The third-order valence-corrected chi connectivity index (χ3v) is 7.64. The molecule has 0 aliphatic carbocycles. The summed E-state index contributed by atoms with van der Waals surface area (Å²) in [5.74, 6) is -0.523.